The molecule has 2 N–H and O–H groups in total. The Kier molecular flexibility index (Phi) is 10.1. The van der Waals surface area contributed by atoms with Gasteiger partial charge in [0.05, 0.1) is 25.0 Å². The number of hydrogen-bond acceptors (Lipinski definition) is 4. The highest BCUT2D eigenvalue weighted by atomic mass is 127. The van der Waals surface area contributed by atoms with Crippen LogP contribution in [0.5, 0.6) is 5.75 Å². The van der Waals surface area contributed by atoms with Gasteiger partial charge in [0.1, 0.15) is 11.6 Å². The minimum atomic E-state index is -0.210. The van der Waals surface area contributed by atoms with E-state index in [-0.39, 0.29) is 29.8 Å². The molecule has 3 aromatic rings. The lowest BCUT2D eigenvalue weighted by Crippen LogP contribution is -2.36. The summed E-state index contributed by atoms with van der Waals surface area (Å²) in [4.78, 5) is 4.26. The van der Waals surface area contributed by atoms with Crippen LogP contribution in [0.25, 0.3) is 5.69 Å². The molecule has 31 heavy (non-hydrogen) atoms. The monoisotopic (exact) mass is 555 g/mol. The van der Waals surface area contributed by atoms with E-state index in [1.807, 2.05) is 53.5 Å². The number of nitrogens with zero attached hydrogens (tertiary/aromatic N) is 3. The highest BCUT2D eigenvalue weighted by molar-refractivity contribution is 14.0. The van der Waals surface area contributed by atoms with Crippen molar-refractivity contribution in [2.75, 3.05) is 20.4 Å². The Hall–Kier alpha value is -2.27. The zero-order chi connectivity index (χ0) is 21.3. The lowest BCUT2D eigenvalue weighted by atomic mass is 10.1. The molecule has 0 saturated carbocycles. The predicted molar refractivity (Wildman–Crippen MR) is 136 cm³/mol. The molecule has 3 rings (SSSR count). The second-order valence-electron chi connectivity index (χ2n) is 6.58. The third-order valence-electron chi connectivity index (χ3n) is 4.56. The number of aromatic nitrogens is 2. The predicted octanol–water partition coefficient (Wildman–Crippen LogP) is 4.37. The smallest absolute Gasteiger partial charge is 0.191 e. The quantitative estimate of drug-likeness (QED) is 0.246. The van der Waals surface area contributed by atoms with Crippen LogP contribution in [-0.2, 0) is 18.8 Å². The second-order valence-corrected chi connectivity index (χ2v) is 7.44. The minimum Gasteiger partial charge on any atom is -0.497 e. The van der Waals surface area contributed by atoms with Crippen molar-refractivity contribution >= 4 is 41.7 Å². The Morgan fingerprint density at radius 3 is 2.52 bits per heavy atom. The van der Waals surface area contributed by atoms with E-state index in [2.05, 4.69) is 20.7 Å². The summed E-state index contributed by atoms with van der Waals surface area (Å²) in [6, 6.07) is 14.6. The molecule has 0 amide bonds. The molecule has 1 heterocycles. The Labute approximate surface area is 203 Å². The maximum Gasteiger partial charge on any atom is 0.191 e. The first kappa shape index (κ1) is 25.0. The van der Waals surface area contributed by atoms with Crippen molar-refractivity contribution in [3.05, 3.63) is 77.4 Å². The number of aliphatic imine (C=N–C) groups is 1. The van der Waals surface area contributed by atoms with Crippen LogP contribution in [0.2, 0.25) is 0 Å². The maximum atomic E-state index is 13.5. The van der Waals surface area contributed by atoms with Gasteiger partial charge in [-0.3, -0.25) is 4.99 Å². The average molecular weight is 555 g/mol. The first-order valence-electron chi connectivity index (χ1n) is 9.52. The molecular formula is C22H27FIN5OS. The standard InChI is InChI=1S/C22H26FN5OS.HI/c1-24-22(25-13-16-4-5-18(23)12-17(16)15-30-3)26-14-19-10-11-28(27-19)20-6-8-21(29-2)9-7-20;/h4-12H,13-15H2,1-3H3,(H2,24,25,26);1H. The highest BCUT2D eigenvalue weighted by Crippen LogP contribution is 2.17. The van der Waals surface area contributed by atoms with Crippen LogP contribution in [-0.4, -0.2) is 36.2 Å². The van der Waals surface area contributed by atoms with E-state index in [9.17, 15) is 4.39 Å². The van der Waals surface area contributed by atoms with Crippen molar-refractivity contribution in [3.8, 4) is 11.4 Å². The fourth-order valence-corrected chi connectivity index (χ4v) is 3.55. The van der Waals surface area contributed by atoms with E-state index < -0.39 is 0 Å². The Morgan fingerprint density at radius 1 is 1.10 bits per heavy atom. The summed E-state index contributed by atoms with van der Waals surface area (Å²) in [6.07, 6.45) is 3.93. The molecule has 9 heteroatoms. The molecule has 166 valence electrons. The van der Waals surface area contributed by atoms with Crippen molar-refractivity contribution in [1.82, 2.24) is 20.4 Å². The van der Waals surface area contributed by atoms with Gasteiger partial charge < -0.3 is 15.4 Å². The summed E-state index contributed by atoms with van der Waals surface area (Å²) in [5.41, 5.74) is 3.89. The largest absolute Gasteiger partial charge is 0.497 e. The lowest BCUT2D eigenvalue weighted by molar-refractivity contribution is 0.414. The van der Waals surface area contributed by atoms with Crippen LogP contribution in [0.3, 0.4) is 0 Å². The molecule has 0 fully saturated rings. The molecule has 0 aliphatic heterocycles. The van der Waals surface area contributed by atoms with E-state index >= 15 is 0 Å². The fourth-order valence-electron chi connectivity index (χ4n) is 2.97. The Bertz CT molecular complexity index is 994. The topological polar surface area (TPSA) is 63.5 Å². The first-order valence-corrected chi connectivity index (χ1v) is 10.9. The van der Waals surface area contributed by atoms with Gasteiger partial charge in [0, 0.05) is 25.5 Å². The van der Waals surface area contributed by atoms with E-state index in [1.54, 1.807) is 32.0 Å². The Morgan fingerprint density at radius 2 is 1.84 bits per heavy atom. The maximum absolute atomic E-state index is 13.5. The third kappa shape index (κ3) is 7.13. The number of halogens is 2. The number of guanidine groups is 1. The number of benzene rings is 2. The van der Waals surface area contributed by atoms with Crippen molar-refractivity contribution in [1.29, 1.82) is 0 Å². The molecule has 0 atom stereocenters. The summed E-state index contributed by atoms with van der Waals surface area (Å²) in [5, 5.41) is 11.1. The summed E-state index contributed by atoms with van der Waals surface area (Å²) in [6.45, 7) is 1.10. The van der Waals surface area contributed by atoms with Crippen molar-refractivity contribution in [3.63, 3.8) is 0 Å². The van der Waals surface area contributed by atoms with E-state index in [0.717, 1.165) is 34.0 Å². The number of rotatable bonds is 8. The zero-order valence-corrected chi connectivity index (χ0v) is 20.9. The van der Waals surface area contributed by atoms with Gasteiger partial charge in [-0.2, -0.15) is 16.9 Å². The van der Waals surface area contributed by atoms with Crippen molar-refractivity contribution < 1.29 is 9.13 Å². The zero-order valence-electron chi connectivity index (χ0n) is 17.8. The molecule has 2 aromatic carbocycles. The van der Waals surface area contributed by atoms with Gasteiger partial charge in [0.25, 0.3) is 0 Å². The van der Waals surface area contributed by atoms with Gasteiger partial charge in [-0.25, -0.2) is 9.07 Å². The van der Waals surface area contributed by atoms with Gasteiger partial charge in [-0.15, -0.1) is 24.0 Å². The van der Waals surface area contributed by atoms with Gasteiger partial charge in [0.2, 0.25) is 0 Å². The number of nitrogens with one attached hydrogen (secondary N) is 2. The minimum absolute atomic E-state index is 0. The second kappa shape index (κ2) is 12.6. The van der Waals surface area contributed by atoms with E-state index in [4.69, 9.17) is 4.74 Å². The molecule has 0 aliphatic rings. The number of thioether (sulfide) groups is 1. The van der Waals surface area contributed by atoms with Gasteiger partial charge in [-0.05, 0) is 59.8 Å². The molecule has 0 saturated heterocycles. The summed E-state index contributed by atoms with van der Waals surface area (Å²) < 4.78 is 20.5. The van der Waals surface area contributed by atoms with Crippen molar-refractivity contribution in [2.45, 2.75) is 18.8 Å². The number of hydrogen-bond donors (Lipinski definition) is 2. The molecule has 0 unspecified atom stereocenters. The van der Waals surface area contributed by atoms with Crippen LogP contribution in [0.4, 0.5) is 4.39 Å². The average Bonchev–Trinajstić information content (AvgIpc) is 3.24. The summed E-state index contributed by atoms with van der Waals surface area (Å²) in [7, 11) is 3.37. The van der Waals surface area contributed by atoms with E-state index in [0.29, 0.717) is 19.0 Å². The fraction of sp³-hybridized carbons (Fsp3) is 0.273. The molecule has 0 bridgehead atoms. The first-order chi connectivity index (χ1) is 14.6. The normalized spacial score (nSPS) is 11.0. The van der Waals surface area contributed by atoms with Gasteiger partial charge in [0.15, 0.2) is 5.96 Å². The summed E-state index contributed by atoms with van der Waals surface area (Å²) in [5.74, 6) is 2.03. The van der Waals surface area contributed by atoms with Crippen LogP contribution in [0, 0.1) is 5.82 Å². The van der Waals surface area contributed by atoms with Crippen molar-refractivity contribution in [2.24, 2.45) is 4.99 Å². The lowest BCUT2D eigenvalue weighted by Gasteiger charge is -2.13. The van der Waals surface area contributed by atoms with Crippen LogP contribution in [0.1, 0.15) is 16.8 Å². The van der Waals surface area contributed by atoms with Gasteiger partial charge >= 0.3 is 0 Å². The Balaban J connectivity index is 0.00000341. The molecular weight excluding hydrogens is 528 g/mol. The van der Waals surface area contributed by atoms with Crippen LogP contribution < -0.4 is 15.4 Å². The summed E-state index contributed by atoms with van der Waals surface area (Å²) >= 11 is 1.67. The van der Waals surface area contributed by atoms with Gasteiger partial charge in [-0.1, -0.05) is 6.07 Å². The molecule has 0 spiro atoms. The number of methoxy groups -OCH3 is 1. The molecule has 0 radical (unpaired) electrons. The molecule has 1 aromatic heterocycles. The SMILES string of the molecule is CN=C(NCc1ccn(-c2ccc(OC)cc2)n1)NCc1ccc(F)cc1CSC.I. The van der Waals surface area contributed by atoms with Crippen LogP contribution in [0.15, 0.2) is 59.7 Å². The molecule has 0 aliphatic carbocycles. The highest BCUT2D eigenvalue weighted by Gasteiger charge is 2.07. The van der Waals surface area contributed by atoms with Crippen LogP contribution >= 0.6 is 35.7 Å². The van der Waals surface area contributed by atoms with E-state index in [1.165, 1.54) is 6.07 Å². The number of ether oxygens (including phenoxy) is 1. The third-order valence-corrected chi connectivity index (χ3v) is 5.16. The molecule has 6 nitrogen and oxygen atoms in total.